The number of hydrazine groups is 1. The Labute approximate surface area is 121 Å². The minimum absolute atomic E-state index is 0.0803. The number of carbonyl (C=O) groups excluding carboxylic acids is 1. The van der Waals surface area contributed by atoms with Gasteiger partial charge in [0, 0.05) is 12.6 Å². The maximum absolute atomic E-state index is 12.0. The van der Waals surface area contributed by atoms with Crippen molar-refractivity contribution in [2.45, 2.75) is 51.1 Å². The van der Waals surface area contributed by atoms with Crippen molar-refractivity contribution < 1.29 is 4.79 Å². The molecule has 4 nitrogen and oxygen atoms in total. The van der Waals surface area contributed by atoms with Crippen LogP contribution in [0.2, 0.25) is 0 Å². The zero-order chi connectivity index (χ0) is 14.2. The molecule has 0 saturated carbocycles. The molecule has 2 unspecified atom stereocenters. The number of hydrogen-bond donors (Lipinski definition) is 3. The van der Waals surface area contributed by atoms with Gasteiger partial charge < -0.3 is 5.32 Å². The zero-order valence-corrected chi connectivity index (χ0v) is 12.2. The largest absolute Gasteiger partial charge is 0.355 e. The number of hydrogen-bond acceptors (Lipinski definition) is 3. The molecule has 0 spiro atoms. The molecule has 0 bridgehead atoms. The van der Waals surface area contributed by atoms with Crippen molar-refractivity contribution in [3.8, 4) is 0 Å². The molecule has 4 heteroatoms. The van der Waals surface area contributed by atoms with Gasteiger partial charge in [0.25, 0.3) is 0 Å². The summed E-state index contributed by atoms with van der Waals surface area (Å²) >= 11 is 0. The van der Waals surface area contributed by atoms with Crippen LogP contribution >= 0.6 is 0 Å². The predicted molar refractivity (Wildman–Crippen MR) is 81.1 cm³/mol. The van der Waals surface area contributed by atoms with E-state index in [0.29, 0.717) is 6.04 Å². The van der Waals surface area contributed by atoms with Crippen LogP contribution in [0.15, 0.2) is 30.3 Å². The van der Waals surface area contributed by atoms with Crippen LogP contribution in [-0.2, 0) is 11.2 Å². The standard InChI is InChI=1S/C16H25N3O/c1-2-7-14-12-15(19-18-14)16(20)17-11-6-10-13-8-4-3-5-9-13/h3-5,8-9,14-15,18-19H,2,6-7,10-12H2,1H3,(H,17,20). The number of nitrogens with one attached hydrogen (secondary N) is 3. The highest BCUT2D eigenvalue weighted by Crippen LogP contribution is 2.10. The molecule has 1 saturated heterocycles. The molecule has 1 amide bonds. The van der Waals surface area contributed by atoms with Gasteiger partial charge in [0.05, 0.1) is 0 Å². The second-order valence-corrected chi connectivity index (χ2v) is 5.44. The smallest absolute Gasteiger partial charge is 0.238 e. The lowest BCUT2D eigenvalue weighted by atomic mass is 10.1. The Bertz CT molecular complexity index is 407. The maximum atomic E-state index is 12.0. The Morgan fingerprint density at radius 2 is 2.10 bits per heavy atom. The molecule has 1 aromatic carbocycles. The van der Waals surface area contributed by atoms with Gasteiger partial charge in [0.2, 0.25) is 5.91 Å². The van der Waals surface area contributed by atoms with E-state index in [1.807, 2.05) is 6.07 Å². The molecular weight excluding hydrogens is 250 g/mol. The minimum atomic E-state index is -0.0803. The van der Waals surface area contributed by atoms with Gasteiger partial charge in [-0.25, -0.2) is 5.43 Å². The van der Waals surface area contributed by atoms with Gasteiger partial charge >= 0.3 is 0 Å². The SMILES string of the molecule is CCCC1CC(C(=O)NCCCc2ccccc2)NN1. The Balaban J connectivity index is 1.61. The minimum Gasteiger partial charge on any atom is -0.355 e. The van der Waals surface area contributed by atoms with Gasteiger partial charge in [0.15, 0.2) is 0 Å². The van der Waals surface area contributed by atoms with Crippen molar-refractivity contribution in [1.29, 1.82) is 0 Å². The Hall–Kier alpha value is -1.39. The van der Waals surface area contributed by atoms with Crippen molar-refractivity contribution in [3.63, 3.8) is 0 Å². The molecule has 0 radical (unpaired) electrons. The molecule has 1 heterocycles. The third kappa shape index (κ3) is 4.62. The predicted octanol–water partition coefficient (Wildman–Crippen LogP) is 1.77. The number of carbonyl (C=O) groups is 1. The third-order valence-electron chi connectivity index (χ3n) is 3.72. The molecule has 2 rings (SSSR count). The van der Waals surface area contributed by atoms with Crippen LogP contribution in [0.4, 0.5) is 0 Å². The van der Waals surface area contributed by atoms with Crippen LogP contribution in [0.1, 0.15) is 38.2 Å². The number of amides is 1. The van der Waals surface area contributed by atoms with Crippen molar-refractivity contribution in [2.75, 3.05) is 6.54 Å². The highest BCUT2D eigenvalue weighted by molar-refractivity contribution is 5.81. The van der Waals surface area contributed by atoms with Crippen molar-refractivity contribution >= 4 is 5.91 Å². The highest BCUT2D eigenvalue weighted by Gasteiger charge is 2.28. The fourth-order valence-electron chi connectivity index (χ4n) is 2.60. The first-order valence-corrected chi connectivity index (χ1v) is 7.62. The fraction of sp³-hybridized carbons (Fsp3) is 0.562. The maximum Gasteiger partial charge on any atom is 0.238 e. The molecule has 20 heavy (non-hydrogen) atoms. The summed E-state index contributed by atoms with van der Waals surface area (Å²) in [6.45, 7) is 2.91. The summed E-state index contributed by atoms with van der Waals surface area (Å²) in [4.78, 5) is 12.0. The Kier molecular flexibility index (Phi) is 6.02. The van der Waals surface area contributed by atoms with Gasteiger partial charge in [0.1, 0.15) is 6.04 Å². The molecule has 1 aliphatic heterocycles. The van der Waals surface area contributed by atoms with Gasteiger partial charge in [-0.05, 0) is 31.2 Å². The van der Waals surface area contributed by atoms with Crippen molar-refractivity contribution in [2.24, 2.45) is 0 Å². The molecule has 1 aliphatic rings. The molecule has 1 fully saturated rings. The number of aryl methyl sites for hydroxylation is 1. The first-order chi connectivity index (χ1) is 9.79. The second-order valence-electron chi connectivity index (χ2n) is 5.44. The average molecular weight is 275 g/mol. The van der Waals surface area contributed by atoms with Crippen LogP contribution in [0.5, 0.6) is 0 Å². The fourth-order valence-corrected chi connectivity index (χ4v) is 2.60. The quantitative estimate of drug-likeness (QED) is 0.665. The normalized spacial score (nSPS) is 21.9. The van der Waals surface area contributed by atoms with Gasteiger partial charge in [-0.1, -0.05) is 43.7 Å². The van der Waals surface area contributed by atoms with Gasteiger partial charge in [-0.2, -0.15) is 0 Å². The van der Waals surface area contributed by atoms with E-state index >= 15 is 0 Å². The summed E-state index contributed by atoms with van der Waals surface area (Å²) in [5.74, 6) is 0.115. The summed E-state index contributed by atoms with van der Waals surface area (Å²) in [5.41, 5.74) is 7.61. The topological polar surface area (TPSA) is 53.2 Å². The van der Waals surface area contributed by atoms with E-state index in [9.17, 15) is 4.79 Å². The van der Waals surface area contributed by atoms with E-state index in [2.05, 4.69) is 47.4 Å². The van der Waals surface area contributed by atoms with E-state index in [-0.39, 0.29) is 11.9 Å². The summed E-state index contributed by atoms with van der Waals surface area (Å²) in [6.07, 6.45) is 5.14. The lowest BCUT2D eigenvalue weighted by molar-refractivity contribution is -0.122. The Morgan fingerprint density at radius 3 is 2.85 bits per heavy atom. The van der Waals surface area contributed by atoms with E-state index in [0.717, 1.165) is 38.6 Å². The van der Waals surface area contributed by atoms with E-state index in [4.69, 9.17) is 0 Å². The molecule has 0 aromatic heterocycles. The van der Waals surface area contributed by atoms with E-state index in [1.54, 1.807) is 0 Å². The van der Waals surface area contributed by atoms with Crippen LogP contribution < -0.4 is 16.2 Å². The molecule has 1 aromatic rings. The highest BCUT2D eigenvalue weighted by atomic mass is 16.2. The zero-order valence-electron chi connectivity index (χ0n) is 12.2. The number of rotatable bonds is 7. The second kappa shape index (κ2) is 8.02. The van der Waals surface area contributed by atoms with Crippen molar-refractivity contribution in [1.82, 2.24) is 16.2 Å². The molecule has 3 N–H and O–H groups in total. The van der Waals surface area contributed by atoms with E-state index < -0.39 is 0 Å². The van der Waals surface area contributed by atoms with Crippen molar-refractivity contribution in [3.05, 3.63) is 35.9 Å². The summed E-state index contributed by atoms with van der Waals surface area (Å²) in [6, 6.07) is 10.7. The molecule has 0 aliphatic carbocycles. The van der Waals surface area contributed by atoms with Crippen LogP contribution in [-0.4, -0.2) is 24.5 Å². The van der Waals surface area contributed by atoms with E-state index in [1.165, 1.54) is 5.56 Å². The average Bonchev–Trinajstić information content (AvgIpc) is 2.94. The van der Waals surface area contributed by atoms with Crippen LogP contribution in [0.3, 0.4) is 0 Å². The lowest BCUT2D eigenvalue weighted by Gasteiger charge is -2.10. The first kappa shape index (κ1) is 15.0. The summed E-state index contributed by atoms with van der Waals surface area (Å²) < 4.78 is 0. The summed E-state index contributed by atoms with van der Waals surface area (Å²) in [5, 5.41) is 3.02. The van der Waals surface area contributed by atoms with Gasteiger partial charge in [-0.15, -0.1) is 0 Å². The lowest BCUT2D eigenvalue weighted by Crippen LogP contribution is -2.43. The first-order valence-electron chi connectivity index (χ1n) is 7.62. The van der Waals surface area contributed by atoms with Gasteiger partial charge in [-0.3, -0.25) is 10.2 Å². The van der Waals surface area contributed by atoms with Crippen LogP contribution in [0, 0.1) is 0 Å². The third-order valence-corrected chi connectivity index (χ3v) is 3.72. The Morgan fingerprint density at radius 1 is 1.30 bits per heavy atom. The van der Waals surface area contributed by atoms with Crippen LogP contribution in [0.25, 0.3) is 0 Å². The molecule has 2 atom stereocenters. The number of benzene rings is 1. The monoisotopic (exact) mass is 275 g/mol. The molecule has 110 valence electrons. The summed E-state index contributed by atoms with van der Waals surface area (Å²) in [7, 11) is 0. The molecular formula is C16H25N3O.